The van der Waals surface area contributed by atoms with Gasteiger partial charge in [0.15, 0.2) is 10.9 Å². The lowest BCUT2D eigenvalue weighted by atomic mass is 10.2. The number of rotatable bonds is 6. The van der Waals surface area contributed by atoms with E-state index in [9.17, 15) is 4.79 Å². The van der Waals surface area contributed by atoms with Gasteiger partial charge < -0.3 is 9.15 Å². The third-order valence-corrected chi connectivity index (χ3v) is 6.42. The van der Waals surface area contributed by atoms with Crippen LogP contribution in [0.25, 0.3) is 22.2 Å². The fourth-order valence-electron chi connectivity index (χ4n) is 3.69. The molecular formula is C23H20ClN3O3S. The summed E-state index contributed by atoms with van der Waals surface area (Å²) in [5.74, 6) is 1.67. The minimum Gasteiger partial charge on any atom is -0.440 e. The Balaban J connectivity index is 1.42. The molecule has 1 fully saturated rings. The van der Waals surface area contributed by atoms with Gasteiger partial charge in [-0.3, -0.25) is 9.36 Å². The predicted molar refractivity (Wildman–Crippen MR) is 121 cm³/mol. The van der Waals surface area contributed by atoms with Crippen molar-refractivity contribution >= 4 is 34.3 Å². The minimum absolute atomic E-state index is 0.0381. The Morgan fingerprint density at radius 1 is 1.19 bits per heavy atom. The van der Waals surface area contributed by atoms with Crippen molar-refractivity contribution in [2.75, 3.05) is 6.61 Å². The van der Waals surface area contributed by atoms with Crippen molar-refractivity contribution in [3.8, 4) is 11.3 Å². The van der Waals surface area contributed by atoms with Crippen LogP contribution in [0.3, 0.4) is 0 Å². The van der Waals surface area contributed by atoms with Crippen LogP contribution in [0.2, 0.25) is 5.02 Å². The Bertz CT molecular complexity index is 1280. The van der Waals surface area contributed by atoms with Gasteiger partial charge in [0.1, 0.15) is 0 Å². The summed E-state index contributed by atoms with van der Waals surface area (Å²) in [6.07, 6.45) is 3.70. The van der Waals surface area contributed by atoms with Gasteiger partial charge in [0, 0.05) is 17.2 Å². The molecule has 1 unspecified atom stereocenters. The molecule has 3 heterocycles. The van der Waals surface area contributed by atoms with Crippen LogP contribution < -0.4 is 5.56 Å². The standard InChI is InChI=1S/C23H20ClN3O3S/c24-16-6-3-5-15(11-16)20-12-25-21(30-20)14-31-23-26-19-9-2-1-8-18(19)22(28)27(23)13-17-7-4-10-29-17/h1-3,5-6,8-9,11-12,17H,4,7,10,13-14H2. The second kappa shape index (κ2) is 8.86. The molecule has 0 aliphatic carbocycles. The van der Waals surface area contributed by atoms with Crippen molar-refractivity contribution in [3.63, 3.8) is 0 Å². The Labute approximate surface area is 188 Å². The molecule has 6 nitrogen and oxygen atoms in total. The molecule has 5 rings (SSSR count). The highest BCUT2D eigenvalue weighted by molar-refractivity contribution is 7.98. The third kappa shape index (κ3) is 4.39. The van der Waals surface area contributed by atoms with Crippen LogP contribution in [0.1, 0.15) is 18.7 Å². The number of thioether (sulfide) groups is 1. The molecule has 0 amide bonds. The number of halogens is 1. The normalized spacial score (nSPS) is 16.2. The van der Waals surface area contributed by atoms with Gasteiger partial charge in [0.25, 0.3) is 5.56 Å². The highest BCUT2D eigenvalue weighted by atomic mass is 35.5. The second-order valence-electron chi connectivity index (χ2n) is 7.38. The fourth-order valence-corrected chi connectivity index (χ4v) is 4.74. The van der Waals surface area contributed by atoms with Crippen LogP contribution in [-0.2, 0) is 17.0 Å². The van der Waals surface area contributed by atoms with Crippen LogP contribution in [0.4, 0.5) is 0 Å². The molecule has 1 saturated heterocycles. The zero-order chi connectivity index (χ0) is 21.2. The molecule has 0 spiro atoms. The van der Waals surface area contributed by atoms with Crippen molar-refractivity contribution in [2.45, 2.75) is 36.4 Å². The molecule has 0 saturated carbocycles. The Morgan fingerprint density at radius 3 is 2.94 bits per heavy atom. The molecule has 31 heavy (non-hydrogen) atoms. The van der Waals surface area contributed by atoms with Gasteiger partial charge in [0.2, 0.25) is 5.89 Å². The van der Waals surface area contributed by atoms with E-state index >= 15 is 0 Å². The fraction of sp³-hybridized carbons (Fsp3) is 0.261. The zero-order valence-corrected chi connectivity index (χ0v) is 18.2. The SMILES string of the molecule is O=c1c2ccccc2nc(SCc2ncc(-c3cccc(Cl)c3)o2)n1CC1CCCO1. The largest absolute Gasteiger partial charge is 0.440 e. The van der Waals surface area contributed by atoms with Crippen LogP contribution in [0, 0.1) is 0 Å². The van der Waals surface area contributed by atoms with Gasteiger partial charge in [-0.15, -0.1) is 0 Å². The van der Waals surface area contributed by atoms with Gasteiger partial charge >= 0.3 is 0 Å². The Hall–Kier alpha value is -2.61. The molecule has 2 aromatic heterocycles. The average molecular weight is 454 g/mol. The first-order chi connectivity index (χ1) is 15.2. The Kier molecular flexibility index (Phi) is 5.80. The lowest BCUT2D eigenvalue weighted by Crippen LogP contribution is -2.28. The second-order valence-corrected chi connectivity index (χ2v) is 8.76. The van der Waals surface area contributed by atoms with Gasteiger partial charge in [-0.05, 0) is 37.1 Å². The molecular weight excluding hydrogens is 434 g/mol. The highest BCUT2D eigenvalue weighted by Crippen LogP contribution is 2.27. The summed E-state index contributed by atoms with van der Waals surface area (Å²) in [5.41, 5.74) is 1.51. The highest BCUT2D eigenvalue weighted by Gasteiger charge is 2.20. The summed E-state index contributed by atoms with van der Waals surface area (Å²) >= 11 is 7.51. The van der Waals surface area contributed by atoms with E-state index in [0.29, 0.717) is 45.0 Å². The lowest BCUT2D eigenvalue weighted by Gasteiger charge is -2.16. The molecule has 1 aliphatic rings. The summed E-state index contributed by atoms with van der Waals surface area (Å²) < 4.78 is 13.4. The van der Waals surface area contributed by atoms with Crippen LogP contribution >= 0.6 is 23.4 Å². The molecule has 2 aromatic carbocycles. The van der Waals surface area contributed by atoms with Crippen molar-refractivity contribution in [1.82, 2.24) is 14.5 Å². The van der Waals surface area contributed by atoms with Gasteiger partial charge in [-0.25, -0.2) is 9.97 Å². The molecule has 1 atom stereocenters. The van der Waals surface area contributed by atoms with E-state index in [4.69, 9.17) is 25.7 Å². The van der Waals surface area contributed by atoms with Gasteiger partial charge in [-0.2, -0.15) is 0 Å². The molecule has 8 heteroatoms. The first-order valence-electron chi connectivity index (χ1n) is 10.1. The lowest BCUT2D eigenvalue weighted by molar-refractivity contribution is 0.0937. The first kappa shape index (κ1) is 20.3. The topological polar surface area (TPSA) is 70.2 Å². The summed E-state index contributed by atoms with van der Waals surface area (Å²) in [4.78, 5) is 22.3. The van der Waals surface area contributed by atoms with Crippen molar-refractivity contribution in [2.24, 2.45) is 0 Å². The number of para-hydroxylation sites is 1. The van der Waals surface area contributed by atoms with E-state index in [0.717, 1.165) is 25.0 Å². The minimum atomic E-state index is -0.0457. The smallest absolute Gasteiger partial charge is 0.262 e. The number of hydrogen-bond donors (Lipinski definition) is 0. The quantitative estimate of drug-likeness (QED) is 0.296. The molecule has 0 N–H and O–H groups in total. The van der Waals surface area contributed by atoms with Gasteiger partial charge in [-0.1, -0.05) is 47.6 Å². The number of benzene rings is 2. The van der Waals surface area contributed by atoms with Crippen LogP contribution in [0.5, 0.6) is 0 Å². The Morgan fingerprint density at radius 2 is 2.10 bits per heavy atom. The van der Waals surface area contributed by atoms with Gasteiger partial charge in [0.05, 0.1) is 35.5 Å². The number of oxazole rings is 1. The van der Waals surface area contributed by atoms with E-state index in [-0.39, 0.29) is 11.7 Å². The van der Waals surface area contributed by atoms with E-state index < -0.39 is 0 Å². The maximum atomic E-state index is 13.2. The number of ether oxygens (including phenoxy) is 1. The van der Waals surface area contributed by atoms with Crippen LogP contribution in [0.15, 0.2) is 69.1 Å². The molecule has 158 valence electrons. The summed E-state index contributed by atoms with van der Waals surface area (Å²) in [7, 11) is 0. The van der Waals surface area contributed by atoms with E-state index in [1.807, 2.05) is 48.5 Å². The average Bonchev–Trinajstić information content (AvgIpc) is 3.47. The zero-order valence-electron chi connectivity index (χ0n) is 16.7. The van der Waals surface area contributed by atoms with E-state index in [1.165, 1.54) is 11.8 Å². The summed E-state index contributed by atoms with van der Waals surface area (Å²) in [6, 6.07) is 14.9. The third-order valence-electron chi connectivity index (χ3n) is 5.22. The summed E-state index contributed by atoms with van der Waals surface area (Å²) in [5, 5.41) is 1.90. The van der Waals surface area contributed by atoms with Crippen molar-refractivity contribution < 1.29 is 9.15 Å². The van der Waals surface area contributed by atoms with Crippen LogP contribution in [-0.4, -0.2) is 27.2 Å². The molecule has 4 aromatic rings. The maximum absolute atomic E-state index is 13.2. The predicted octanol–water partition coefficient (Wildman–Crippen LogP) is 5.18. The maximum Gasteiger partial charge on any atom is 0.262 e. The van der Waals surface area contributed by atoms with E-state index in [2.05, 4.69) is 4.98 Å². The van der Waals surface area contributed by atoms with E-state index in [1.54, 1.807) is 10.8 Å². The molecule has 0 radical (unpaired) electrons. The van der Waals surface area contributed by atoms with Crippen molar-refractivity contribution in [3.05, 3.63) is 76.0 Å². The number of aromatic nitrogens is 3. The number of hydrogen-bond acceptors (Lipinski definition) is 6. The molecule has 0 bridgehead atoms. The summed E-state index contributed by atoms with van der Waals surface area (Å²) in [6.45, 7) is 1.24. The number of fused-ring (bicyclic) bond motifs is 1. The monoisotopic (exact) mass is 453 g/mol. The molecule has 1 aliphatic heterocycles. The van der Waals surface area contributed by atoms with Crippen molar-refractivity contribution in [1.29, 1.82) is 0 Å². The first-order valence-corrected chi connectivity index (χ1v) is 11.5. The number of nitrogens with zero attached hydrogens (tertiary/aromatic N) is 3.